The van der Waals surface area contributed by atoms with Crippen molar-refractivity contribution >= 4 is 15.6 Å². The zero-order chi connectivity index (χ0) is 15.7. The van der Waals surface area contributed by atoms with Crippen molar-refractivity contribution in [2.45, 2.75) is 70.1 Å². The van der Waals surface area contributed by atoms with Gasteiger partial charge in [-0.1, -0.05) is 6.42 Å². The van der Waals surface area contributed by atoms with Gasteiger partial charge in [-0.15, -0.1) is 0 Å². The zero-order valence-corrected chi connectivity index (χ0v) is 14.4. The lowest BCUT2D eigenvalue weighted by Gasteiger charge is -2.39. The van der Waals surface area contributed by atoms with Crippen LogP contribution < -0.4 is 0 Å². The van der Waals surface area contributed by atoms with E-state index in [2.05, 4.69) is 4.90 Å². The molecule has 4 nitrogen and oxygen atoms in total. The number of rotatable bonds is 4. The van der Waals surface area contributed by atoms with Crippen LogP contribution in [0.4, 0.5) is 0 Å². The second-order valence-electron chi connectivity index (χ2n) is 7.50. The summed E-state index contributed by atoms with van der Waals surface area (Å²) in [7, 11) is -3.08. The van der Waals surface area contributed by atoms with Crippen molar-refractivity contribution in [1.29, 1.82) is 0 Å². The van der Waals surface area contributed by atoms with Crippen LogP contribution >= 0.6 is 0 Å². The molecule has 0 spiro atoms. The van der Waals surface area contributed by atoms with E-state index in [4.69, 9.17) is 0 Å². The SMILES string of the molecule is CC(C)(C)S(=O)(=O)CCN1CCCCC1C1CCCC1=O. The molecular weight excluding hydrogens is 286 g/mol. The predicted molar refractivity (Wildman–Crippen MR) is 85.1 cm³/mol. The van der Waals surface area contributed by atoms with Gasteiger partial charge >= 0.3 is 0 Å². The fourth-order valence-corrected chi connectivity index (χ4v) is 4.63. The topological polar surface area (TPSA) is 54.5 Å². The molecule has 0 radical (unpaired) electrons. The lowest BCUT2D eigenvalue weighted by Crippen LogP contribution is -2.48. The van der Waals surface area contributed by atoms with Gasteiger partial charge in [0.25, 0.3) is 0 Å². The molecular formula is C16H29NO3S. The summed E-state index contributed by atoms with van der Waals surface area (Å²) in [6.07, 6.45) is 6.05. The van der Waals surface area contributed by atoms with Crippen molar-refractivity contribution in [2.24, 2.45) is 5.92 Å². The van der Waals surface area contributed by atoms with Crippen LogP contribution in [0.15, 0.2) is 0 Å². The van der Waals surface area contributed by atoms with E-state index in [0.717, 1.165) is 45.1 Å². The summed E-state index contributed by atoms with van der Waals surface area (Å²) in [5.74, 6) is 0.752. The standard InChI is InChI=1S/C16H29NO3S/c1-16(2,3)21(19,20)12-11-17-10-5-4-8-14(17)13-7-6-9-15(13)18/h13-14H,4-12H2,1-3H3. The van der Waals surface area contributed by atoms with E-state index in [-0.39, 0.29) is 17.7 Å². The molecule has 0 aromatic carbocycles. The fourth-order valence-electron chi connectivity index (χ4n) is 3.54. The molecule has 2 aliphatic rings. The zero-order valence-electron chi connectivity index (χ0n) is 13.6. The van der Waals surface area contributed by atoms with Gasteiger partial charge in [-0.05, 0) is 53.0 Å². The number of ketones is 1. The molecule has 0 amide bonds. The molecule has 5 heteroatoms. The highest BCUT2D eigenvalue weighted by molar-refractivity contribution is 7.92. The Morgan fingerprint density at radius 1 is 1.14 bits per heavy atom. The second kappa shape index (κ2) is 6.37. The minimum atomic E-state index is -3.08. The second-order valence-corrected chi connectivity index (χ2v) is 10.4. The predicted octanol–water partition coefficient (Wildman–Crippen LogP) is 2.42. The van der Waals surface area contributed by atoms with Gasteiger partial charge in [0, 0.05) is 24.9 Å². The van der Waals surface area contributed by atoms with Crippen molar-refractivity contribution in [3.63, 3.8) is 0 Å². The highest BCUT2D eigenvalue weighted by Gasteiger charge is 2.37. The monoisotopic (exact) mass is 315 g/mol. The molecule has 0 aromatic rings. The first-order chi connectivity index (χ1) is 9.72. The van der Waals surface area contributed by atoms with Crippen LogP contribution in [0.5, 0.6) is 0 Å². The molecule has 0 bridgehead atoms. The van der Waals surface area contributed by atoms with Crippen LogP contribution in [0.3, 0.4) is 0 Å². The maximum absolute atomic E-state index is 12.3. The number of piperidine rings is 1. The maximum Gasteiger partial charge on any atom is 0.156 e. The quantitative estimate of drug-likeness (QED) is 0.799. The van der Waals surface area contributed by atoms with E-state index < -0.39 is 14.6 Å². The summed E-state index contributed by atoms with van der Waals surface area (Å²) in [6, 6.07) is 0.281. The summed E-state index contributed by atoms with van der Waals surface area (Å²) in [6.45, 7) is 6.80. The van der Waals surface area contributed by atoms with E-state index in [1.54, 1.807) is 20.8 Å². The molecule has 21 heavy (non-hydrogen) atoms. The van der Waals surface area contributed by atoms with Crippen LogP contribution in [0.1, 0.15) is 59.3 Å². The number of carbonyl (C=O) groups is 1. The van der Waals surface area contributed by atoms with Crippen LogP contribution in [-0.4, -0.2) is 48.7 Å². The molecule has 1 saturated carbocycles. The molecule has 2 rings (SSSR count). The molecule has 2 atom stereocenters. The third kappa shape index (κ3) is 3.86. The normalized spacial score (nSPS) is 29.0. The van der Waals surface area contributed by atoms with Crippen LogP contribution in [0, 0.1) is 5.92 Å². The van der Waals surface area contributed by atoms with Crippen molar-refractivity contribution < 1.29 is 13.2 Å². The Morgan fingerprint density at radius 2 is 1.86 bits per heavy atom. The summed E-state index contributed by atoms with van der Waals surface area (Å²) >= 11 is 0. The lowest BCUT2D eigenvalue weighted by molar-refractivity contribution is -0.123. The number of likely N-dealkylation sites (tertiary alicyclic amines) is 1. The third-order valence-electron chi connectivity index (χ3n) is 5.06. The molecule has 1 saturated heterocycles. The summed E-state index contributed by atoms with van der Waals surface area (Å²) in [5, 5.41) is 0. The molecule has 1 aliphatic heterocycles. The van der Waals surface area contributed by atoms with Crippen molar-refractivity contribution in [2.75, 3.05) is 18.8 Å². The number of sulfone groups is 1. The smallest absolute Gasteiger partial charge is 0.156 e. The molecule has 2 unspecified atom stereocenters. The Balaban J connectivity index is 2.01. The maximum atomic E-state index is 12.3. The fraction of sp³-hybridized carbons (Fsp3) is 0.938. The third-order valence-corrected chi connectivity index (χ3v) is 7.65. The van der Waals surface area contributed by atoms with E-state index in [0.29, 0.717) is 12.3 Å². The van der Waals surface area contributed by atoms with Gasteiger partial charge in [0.1, 0.15) is 5.78 Å². The number of nitrogens with zero attached hydrogens (tertiary/aromatic N) is 1. The molecule has 1 aliphatic carbocycles. The first kappa shape index (κ1) is 16.9. The summed E-state index contributed by atoms with van der Waals surface area (Å²) in [4.78, 5) is 14.3. The van der Waals surface area contributed by atoms with Crippen LogP contribution in [0.25, 0.3) is 0 Å². The van der Waals surface area contributed by atoms with Gasteiger partial charge in [-0.2, -0.15) is 0 Å². The summed E-state index contributed by atoms with van der Waals surface area (Å²) < 4.78 is 23.9. The van der Waals surface area contributed by atoms with Crippen molar-refractivity contribution in [3.05, 3.63) is 0 Å². The van der Waals surface area contributed by atoms with Gasteiger partial charge in [-0.25, -0.2) is 8.42 Å². The Hall–Kier alpha value is -0.420. The largest absolute Gasteiger partial charge is 0.299 e. The van der Waals surface area contributed by atoms with Gasteiger partial charge in [-0.3, -0.25) is 9.69 Å². The lowest BCUT2D eigenvalue weighted by atomic mass is 9.88. The molecule has 2 fully saturated rings. The molecule has 122 valence electrons. The van der Waals surface area contributed by atoms with E-state index in [1.165, 1.54) is 0 Å². The van der Waals surface area contributed by atoms with E-state index >= 15 is 0 Å². The van der Waals surface area contributed by atoms with E-state index in [1.807, 2.05) is 0 Å². The number of Topliss-reactive ketones (excluding diaryl/α,β-unsaturated/α-hetero) is 1. The minimum Gasteiger partial charge on any atom is -0.299 e. The first-order valence-electron chi connectivity index (χ1n) is 8.21. The average molecular weight is 315 g/mol. The van der Waals surface area contributed by atoms with Crippen molar-refractivity contribution in [1.82, 2.24) is 4.90 Å². The molecule has 0 aromatic heterocycles. The summed E-state index contributed by atoms with van der Waals surface area (Å²) in [5.41, 5.74) is 0. The number of hydrogen-bond acceptors (Lipinski definition) is 4. The Morgan fingerprint density at radius 3 is 2.43 bits per heavy atom. The average Bonchev–Trinajstić information content (AvgIpc) is 2.81. The van der Waals surface area contributed by atoms with E-state index in [9.17, 15) is 13.2 Å². The minimum absolute atomic E-state index is 0.155. The number of hydrogen-bond donors (Lipinski definition) is 0. The Labute approximate surface area is 129 Å². The number of carbonyl (C=O) groups excluding carboxylic acids is 1. The Bertz CT molecular complexity index is 478. The van der Waals surface area contributed by atoms with Crippen molar-refractivity contribution in [3.8, 4) is 0 Å². The highest BCUT2D eigenvalue weighted by Crippen LogP contribution is 2.32. The first-order valence-corrected chi connectivity index (χ1v) is 9.87. The van der Waals surface area contributed by atoms with Gasteiger partial charge in [0.05, 0.1) is 10.5 Å². The Kier molecular flexibility index (Phi) is 5.14. The van der Waals surface area contributed by atoms with Crippen LogP contribution in [-0.2, 0) is 14.6 Å². The molecule has 1 heterocycles. The highest BCUT2D eigenvalue weighted by atomic mass is 32.2. The van der Waals surface area contributed by atoms with Gasteiger partial charge < -0.3 is 0 Å². The van der Waals surface area contributed by atoms with Crippen LogP contribution in [0.2, 0.25) is 0 Å². The molecule has 0 N–H and O–H groups in total. The van der Waals surface area contributed by atoms with Gasteiger partial charge in [0.15, 0.2) is 9.84 Å². The van der Waals surface area contributed by atoms with Gasteiger partial charge in [0.2, 0.25) is 0 Å².